The summed E-state index contributed by atoms with van der Waals surface area (Å²) in [7, 11) is 0. The first kappa shape index (κ1) is 15.0. The van der Waals surface area contributed by atoms with Gasteiger partial charge in [-0.1, -0.05) is 0 Å². The maximum Gasteiger partial charge on any atom is 0.293 e. The Morgan fingerprint density at radius 1 is 1.33 bits per heavy atom. The molecule has 0 aromatic heterocycles. The molecule has 21 heavy (non-hydrogen) atoms. The van der Waals surface area contributed by atoms with Gasteiger partial charge in [-0.15, -0.1) is 0 Å². The summed E-state index contributed by atoms with van der Waals surface area (Å²) < 4.78 is 0.911. The quantitative estimate of drug-likeness (QED) is 0.452. The highest BCUT2D eigenvalue weighted by atomic mass is 127. The third kappa shape index (κ3) is 3.85. The number of hydrogen-bond donors (Lipinski definition) is 1. The van der Waals surface area contributed by atoms with E-state index in [4.69, 9.17) is 0 Å². The minimum atomic E-state index is -0.251. The predicted octanol–water partition coefficient (Wildman–Crippen LogP) is 3.17. The lowest BCUT2D eigenvalue weighted by Gasteiger charge is -2.27. The Kier molecular flexibility index (Phi) is 4.63. The first-order valence-electron chi connectivity index (χ1n) is 7.56. The number of halogens is 1. The fraction of sp³-hybridized carbons (Fsp3) is 0.600. The van der Waals surface area contributed by atoms with Crippen molar-refractivity contribution < 1.29 is 4.92 Å². The number of nitro groups is 1. The van der Waals surface area contributed by atoms with E-state index >= 15 is 0 Å². The molecular weight excluding hydrogens is 381 g/mol. The molecule has 1 aromatic rings. The van der Waals surface area contributed by atoms with Crippen molar-refractivity contribution in [1.82, 2.24) is 5.32 Å². The van der Waals surface area contributed by atoms with Gasteiger partial charge in [-0.05, 0) is 72.9 Å². The highest BCUT2D eigenvalue weighted by Gasteiger charge is 2.29. The summed E-state index contributed by atoms with van der Waals surface area (Å²) in [5.41, 5.74) is 1.02. The molecule has 1 aromatic carbocycles. The summed E-state index contributed by atoms with van der Waals surface area (Å²) >= 11 is 2.13. The fourth-order valence-electron chi connectivity index (χ4n) is 2.97. The lowest BCUT2D eigenvalue weighted by molar-refractivity contribution is -0.384. The smallest absolute Gasteiger partial charge is 0.293 e. The number of nitro benzene ring substituents is 1. The molecule has 114 valence electrons. The molecule has 1 atom stereocenters. The molecule has 3 rings (SSSR count). The zero-order chi connectivity index (χ0) is 14.8. The zero-order valence-electron chi connectivity index (χ0n) is 11.9. The Morgan fingerprint density at radius 3 is 2.76 bits per heavy atom. The largest absolute Gasteiger partial charge is 0.364 e. The number of benzene rings is 1. The first-order chi connectivity index (χ1) is 10.1. The van der Waals surface area contributed by atoms with E-state index in [9.17, 15) is 10.1 Å². The SMILES string of the molecule is O=[N+]([O-])c1cc(I)ccc1N(CC1CC1)CC1CCCN1. The summed E-state index contributed by atoms with van der Waals surface area (Å²) in [4.78, 5) is 13.4. The number of hydrogen-bond acceptors (Lipinski definition) is 4. The Labute approximate surface area is 138 Å². The van der Waals surface area contributed by atoms with Crippen molar-refractivity contribution in [3.63, 3.8) is 0 Å². The third-order valence-corrected chi connectivity index (χ3v) is 4.92. The average molecular weight is 401 g/mol. The minimum absolute atomic E-state index is 0.237. The van der Waals surface area contributed by atoms with Crippen LogP contribution in [0.15, 0.2) is 18.2 Å². The Hall–Kier alpha value is -0.890. The molecule has 1 saturated heterocycles. The van der Waals surface area contributed by atoms with Crippen molar-refractivity contribution in [2.45, 2.75) is 31.7 Å². The van der Waals surface area contributed by atoms with E-state index in [0.29, 0.717) is 12.0 Å². The Morgan fingerprint density at radius 2 is 2.14 bits per heavy atom. The van der Waals surface area contributed by atoms with Crippen molar-refractivity contribution >= 4 is 34.0 Å². The summed E-state index contributed by atoms with van der Waals surface area (Å²) in [5.74, 6) is 0.713. The van der Waals surface area contributed by atoms with Gasteiger partial charge in [0, 0.05) is 28.8 Å². The summed E-state index contributed by atoms with van der Waals surface area (Å²) in [6, 6.07) is 6.02. The predicted molar refractivity (Wildman–Crippen MR) is 91.8 cm³/mol. The number of nitrogens with zero attached hydrogens (tertiary/aromatic N) is 2. The summed E-state index contributed by atoms with van der Waals surface area (Å²) in [5, 5.41) is 14.9. The molecule has 1 heterocycles. The van der Waals surface area contributed by atoms with Crippen LogP contribution in [0.2, 0.25) is 0 Å². The molecule has 0 radical (unpaired) electrons. The second-order valence-electron chi connectivity index (χ2n) is 6.03. The van der Waals surface area contributed by atoms with Crippen molar-refractivity contribution in [2.24, 2.45) is 5.92 Å². The van der Waals surface area contributed by atoms with Crippen LogP contribution >= 0.6 is 22.6 Å². The third-order valence-electron chi connectivity index (χ3n) is 4.25. The normalized spacial score (nSPS) is 21.5. The first-order valence-corrected chi connectivity index (χ1v) is 8.63. The van der Waals surface area contributed by atoms with Crippen molar-refractivity contribution in [1.29, 1.82) is 0 Å². The van der Waals surface area contributed by atoms with Crippen LogP contribution in [0.3, 0.4) is 0 Å². The maximum atomic E-state index is 11.4. The van der Waals surface area contributed by atoms with E-state index in [0.717, 1.165) is 28.9 Å². The molecule has 0 bridgehead atoms. The van der Waals surface area contributed by atoms with Crippen LogP contribution in [0, 0.1) is 19.6 Å². The lowest BCUT2D eigenvalue weighted by Crippen LogP contribution is -2.39. The van der Waals surface area contributed by atoms with Crippen molar-refractivity contribution in [3.8, 4) is 0 Å². The summed E-state index contributed by atoms with van der Waals surface area (Å²) in [6.45, 7) is 2.88. The standard InChI is InChI=1S/C15H20IN3O2/c16-12-5-6-14(15(8-12)19(20)21)18(9-11-3-4-11)10-13-2-1-7-17-13/h5-6,8,11,13,17H,1-4,7,9-10H2. The van der Waals surface area contributed by atoms with E-state index in [1.54, 1.807) is 6.07 Å². The van der Waals surface area contributed by atoms with E-state index in [2.05, 4.69) is 32.8 Å². The van der Waals surface area contributed by atoms with Gasteiger partial charge in [-0.25, -0.2) is 0 Å². The highest BCUT2D eigenvalue weighted by molar-refractivity contribution is 14.1. The molecule has 1 unspecified atom stereocenters. The van der Waals surface area contributed by atoms with Crippen molar-refractivity contribution in [2.75, 3.05) is 24.5 Å². The van der Waals surface area contributed by atoms with Crippen LogP contribution in [-0.2, 0) is 0 Å². The second-order valence-corrected chi connectivity index (χ2v) is 7.28. The molecular formula is C15H20IN3O2. The van der Waals surface area contributed by atoms with Gasteiger partial charge in [0.2, 0.25) is 0 Å². The van der Waals surface area contributed by atoms with Gasteiger partial charge >= 0.3 is 0 Å². The van der Waals surface area contributed by atoms with Crippen LogP contribution in [0.4, 0.5) is 11.4 Å². The van der Waals surface area contributed by atoms with Crippen LogP contribution in [-0.4, -0.2) is 30.6 Å². The molecule has 1 aliphatic heterocycles. The summed E-state index contributed by atoms with van der Waals surface area (Å²) in [6.07, 6.45) is 4.88. The zero-order valence-corrected chi connectivity index (χ0v) is 14.1. The molecule has 1 saturated carbocycles. The van der Waals surface area contributed by atoms with Gasteiger partial charge in [-0.2, -0.15) is 0 Å². The van der Waals surface area contributed by atoms with Gasteiger partial charge < -0.3 is 10.2 Å². The molecule has 0 spiro atoms. The van der Waals surface area contributed by atoms with Gasteiger partial charge in [-0.3, -0.25) is 10.1 Å². The molecule has 2 aliphatic rings. The number of nitrogens with one attached hydrogen (secondary N) is 1. The molecule has 5 nitrogen and oxygen atoms in total. The average Bonchev–Trinajstić information content (AvgIpc) is 3.11. The van der Waals surface area contributed by atoms with E-state index in [1.165, 1.54) is 25.7 Å². The van der Waals surface area contributed by atoms with Gasteiger partial charge in [0.05, 0.1) is 4.92 Å². The molecule has 6 heteroatoms. The molecule has 1 aliphatic carbocycles. The van der Waals surface area contributed by atoms with Crippen LogP contribution in [0.1, 0.15) is 25.7 Å². The van der Waals surface area contributed by atoms with E-state index in [-0.39, 0.29) is 10.6 Å². The minimum Gasteiger partial charge on any atom is -0.364 e. The van der Waals surface area contributed by atoms with Crippen LogP contribution in [0.5, 0.6) is 0 Å². The Bertz CT molecular complexity index is 528. The molecule has 2 fully saturated rings. The molecule has 1 N–H and O–H groups in total. The molecule has 0 amide bonds. The lowest BCUT2D eigenvalue weighted by atomic mass is 10.1. The number of rotatable bonds is 6. The maximum absolute atomic E-state index is 11.4. The highest BCUT2D eigenvalue weighted by Crippen LogP contribution is 2.35. The van der Waals surface area contributed by atoms with Gasteiger partial charge in [0.1, 0.15) is 5.69 Å². The fourth-order valence-corrected chi connectivity index (χ4v) is 3.45. The number of anilines is 1. The monoisotopic (exact) mass is 401 g/mol. The van der Waals surface area contributed by atoms with E-state index < -0.39 is 0 Å². The van der Waals surface area contributed by atoms with Gasteiger partial charge in [0.15, 0.2) is 0 Å². The Balaban J connectivity index is 1.85. The van der Waals surface area contributed by atoms with E-state index in [1.807, 2.05) is 12.1 Å². The van der Waals surface area contributed by atoms with Gasteiger partial charge in [0.25, 0.3) is 5.69 Å². The topological polar surface area (TPSA) is 58.4 Å². The van der Waals surface area contributed by atoms with Crippen LogP contribution in [0.25, 0.3) is 0 Å². The second kappa shape index (κ2) is 6.48. The van der Waals surface area contributed by atoms with Crippen LogP contribution < -0.4 is 10.2 Å². The van der Waals surface area contributed by atoms with Crippen molar-refractivity contribution in [3.05, 3.63) is 31.9 Å².